The summed E-state index contributed by atoms with van der Waals surface area (Å²) in [5.41, 5.74) is 4.73. The van der Waals surface area contributed by atoms with Crippen molar-refractivity contribution in [2.24, 2.45) is 0 Å². The Kier molecular flexibility index (Phi) is 5.31. The predicted molar refractivity (Wildman–Crippen MR) is 120 cm³/mol. The van der Waals surface area contributed by atoms with E-state index in [1.54, 1.807) is 18.2 Å². The van der Waals surface area contributed by atoms with Crippen LogP contribution in [0.25, 0.3) is 0 Å². The fourth-order valence-corrected chi connectivity index (χ4v) is 5.55. The average molecular weight is 439 g/mol. The van der Waals surface area contributed by atoms with Crippen LogP contribution < -0.4 is 9.62 Å². The van der Waals surface area contributed by atoms with E-state index in [2.05, 4.69) is 5.32 Å². The van der Waals surface area contributed by atoms with E-state index in [-0.39, 0.29) is 16.8 Å². The number of nitrogens with one attached hydrogen (secondary N) is 1. The van der Waals surface area contributed by atoms with Crippen molar-refractivity contribution in [3.05, 3.63) is 88.7 Å². The number of hydrogen-bond acceptors (Lipinski definition) is 3. The fraction of sp³-hybridized carbons (Fsp3) is 0.208. The number of carbonyl (C=O) groups excluding carboxylic acids is 1. The van der Waals surface area contributed by atoms with Crippen LogP contribution in [0.4, 0.5) is 15.8 Å². The predicted octanol–water partition coefficient (Wildman–Crippen LogP) is 4.83. The number of fused-ring (bicyclic) bond motifs is 1. The third-order valence-electron chi connectivity index (χ3n) is 5.63. The summed E-state index contributed by atoms with van der Waals surface area (Å²) in [6.07, 6.45) is 0.487. The van der Waals surface area contributed by atoms with Crippen LogP contribution in [0.1, 0.15) is 34.0 Å². The molecule has 0 radical (unpaired) electrons. The van der Waals surface area contributed by atoms with Crippen molar-refractivity contribution in [3.8, 4) is 0 Å². The third kappa shape index (κ3) is 3.93. The molecule has 0 saturated heterocycles. The molecule has 1 N–H and O–H groups in total. The number of benzene rings is 3. The summed E-state index contributed by atoms with van der Waals surface area (Å²) in [4.78, 5) is 12.8. The lowest BCUT2D eigenvalue weighted by Gasteiger charge is -2.24. The summed E-state index contributed by atoms with van der Waals surface area (Å²) < 4.78 is 40.9. The molecule has 4 rings (SSSR count). The highest BCUT2D eigenvalue weighted by molar-refractivity contribution is 7.92. The number of amides is 1. The number of halogens is 1. The first-order chi connectivity index (χ1) is 14.7. The van der Waals surface area contributed by atoms with Gasteiger partial charge in [-0.1, -0.05) is 6.07 Å². The molecule has 0 aliphatic carbocycles. The van der Waals surface area contributed by atoms with Gasteiger partial charge in [-0.3, -0.25) is 9.10 Å². The zero-order valence-corrected chi connectivity index (χ0v) is 18.3. The van der Waals surface area contributed by atoms with Crippen LogP contribution in [0, 0.1) is 19.7 Å². The third-order valence-corrected chi connectivity index (χ3v) is 7.57. The minimum absolute atomic E-state index is 0.0326. The van der Waals surface area contributed by atoms with Crippen molar-refractivity contribution in [1.29, 1.82) is 0 Å². The van der Waals surface area contributed by atoms with Gasteiger partial charge in [0.05, 0.1) is 10.6 Å². The first kappa shape index (κ1) is 21.1. The lowest BCUT2D eigenvalue weighted by Crippen LogP contribution is -2.35. The topological polar surface area (TPSA) is 66.5 Å². The maximum absolute atomic E-state index is 13.2. The van der Waals surface area contributed by atoms with Gasteiger partial charge >= 0.3 is 0 Å². The molecule has 1 heterocycles. The second-order valence-corrected chi connectivity index (χ2v) is 9.72. The summed E-state index contributed by atoms with van der Waals surface area (Å²) in [6, 6.07) is 15.2. The minimum atomic E-state index is -3.84. The Bertz CT molecular complexity index is 1270. The highest BCUT2D eigenvalue weighted by Gasteiger charge is 2.36. The first-order valence-corrected chi connectivity index (χ1v) is 11.4. The van der Waals surface area contributed by atoms with Gasteiger partial charge in [0.1, 0.15) is 5.82 Å². The van der Waals surface area contributed by atoms with Crippen molar-refractivity contribution in [2.75, 3.05) is 9.62 Å². The van der Waals surface area contributed by atoms with E-state index in [1.807, 2.05) is 39.0 Å². The van der Waals surface area contributed by atoms with Gasteiger partial charge in [0.2, 0.25) is 0 Å². The molecular formula is C24H23FN2O3S. The monoisotopic (exact) mass is 438 g/mol. The number of carbonyl (C=O) groups is 1. The van der Waals surface area contributed by atoms with Gasteiger partial charge in [-0.2, -0.15) is 0 Å². The molecule has 1 atom stereocenters. The van der Waals surface area contributed by atoms with Crippen molar-refractivity contribution < 1.29 is 17.6 Å². The SMILES string of the molecule is Cc1ccc(NC(=O)c2ccc3c(c2)C[C@H](C)N3S(=O)(=O)c2ccc(F)cc2)cc1C. The highest BCUT2D eigenvalue weighted by Crippen LogP contribution is 2.37. The van der Waals surface area contributed by atoms with E-state index < -0.39 is 15.8 Å². The summed E-state index contributed by atoms with van der Waals surface area (Å²) in [7, 11) is -3.84. The number of anilines is 2. The van der Waals surface area contributed by atoms with Crippen molar-refractivity contribution in [1.82, 2.24) is 0 Å². The lowest BCUT2D eigenvalue weighted by molar-refractivity contribution is 0.102. The molecule has 7 heteroatoms. The fourth-order valence-electron chi connectivity index (χ4n) is 3.85. The summed E-state index contributed by atoms with van der Waals surface area (Å²) in [5.74, 6) is -0.744. The average Bonchev–Trinajstić information content (AvgIpc) is 3.06. The van der Waals surface area contributed by atoms with Gasteiger partial charge in [0.25, 0.3) is 15.9 Å². The van der Waals surface area contributed by atoms with Crippen molar-refractivity contribution in [2.45, 2.75) is 38.1 Å². The van der Waals surface area contributed by atoms with Gasteiger partial charge in [0.15, 0.2) is 0 Å². The van der Waals surface area contributed by atoms with E-state index in [1.165, 1.54) is 16.4 Å². The standard InChI is InChI=1S/C24H23FN2O3S/c1-15-4-8-21(12-16(15)2)26-24(28)18-5-11-23-19(14-18)13-17(3)27(23)31(29,30)22-9-6-20(25)7-10-22/h4-12,14,17H,13H2,1-3H3,(H,26,28)/t17-/m0/s1. The highest BCUT2D eigenvalue weighted by atomic mass is 32.2. The van der Waals surface area contributed by atoms with Crippen LogP contribution in [0.2, 0.25) is 0 Å². The minimum Gasteiger partial charge on any atom is -0.322 e. The molecule has 0 bridgehead atoms. The van der Waals surface area contributed by atoms with Crippen molar-refractivity contribution in [3.63, 3.8) is 0 Å². The van der Waals surface area contributed by atoms with E-state index >= 15 is 0 Å². The Hall–Kier alpha value is -3.19. The molecule has 0 aromatic heterocycles. The summed E-state index contributed by atoms with van der Waals surface area (Å²) >= 11 is 0. The number of rotatable bonds is 4. The van der Waals surface area contributed by atoms with Crippen LogP contribution >= 0.6 is 0 Å². The molecule has 1 aliphatic rings. The first-order valence-electron chi connectivity index (χ1n) is 9.98. The molecular weight excluding hydrogens is 415 g/mol. The van der Waals surface area contributed by atoms with Crippen LogP contribution in [0.5, 0.6) is 0 Å². The van der Waals surface area contributed by atoms with Crippen LogP contribution in [0.15, 0.2) is 65.6 Å². The van der Waals surface area contributed by atoms with Gasteiger partial charge in [0, 0.05) is 17.3 Å². The van der Waals surface area contributed by atoms with Gasteiger partial charge in [-0.05, 0) is 98.5 Å². The normalized spacial score (nSPS) is 15.6. The van der Waals surface area contributed by atoms with E-state index in [0.717, 1.165) is 28.8 Å². The second-order valence-electron chi connectivity index (χ2n) is 7.90. The summed E-state index contributed by atoms with van der Waals surface area (Å²) in [5, 5.41) is 2.89. The molecule has 3 aromatic carbocycles. The van der Waals surface area contributed by atoms with Crippen LogP contribution in [-0.4, -0.2) is 20.4 Å². The van der Waals surface area contributed by atoms with Crippen LogP contribution in [0.3, 0.4) is 0 Å². The van der Waals surface area contributed by atoms with E-state index in [9.17, 15) is 17.6 Å². The smallest absolute Gasteiger partial charge is 0.264 e. The Labute approximate surface area is 181 Å². The molecule has 5 nitrogen and oxygen atoms in total. The maximum Gasteiger partial charge on any atom is 0.264 e. The van der Waals surface area contributed by atoms with Gasteiger partial charge in [-0.25, -0.2) is 12.8 Å². The molecule has 31 heavy (non-hydrogen) atoms. The largest absolute Gasteiger partial charge is 0.322 e. The van der Waals surface area contributed by atoms with E-state index in [4.69, 9.17) is 0 Å². The summed E-state index contributed by atoms with van der Waals surface area (Å²) in [6.45, 7) is 5.81. The molecule has 160 valence electrons. The zero-order chi connectivity index (χ0) is 22.3. The molecule has 0 unspecified atom stereocenters. The second kappa shape index (κ2) is 7.81. The van der Waals surface area contributed by atoms with Gasteiger partial charge < -0.3 is 5.32 Å². The Morgan fingerprint density at radius 2 is 1.71 bits per heavy atom. The number of nitrogens with zero attached hydrogens (tertiary/aromatic N) is 1. The molecule has 0 spiro atoms. The molecule has 3 aromatic rings. The zero-order valence-electron chi connectivity index (χ0n) is 17.5. The molecule has 0 saturated carbocycles. The van der Waals surface area contributed by atoms with E-state index in [0.29, 0.717) is 23.4 Å². The number of aryl methyl sites for hydroxylation is 2. The number of hydrogen-bond donors (Lipinski definition) is 1. The lowest BCUT2D eigenvalue weighted by atomic mass is 10.1. The van der Waals surface area contributed by atoms with Crippen molar-refractivity contribution >= 4 is 27.3 Å². The molecule has 1 amide bonds. The Morgan fingerprint density at radius 1 is 1.00 bits per heavy atom. The maximum atomic E-state index is 13.2. The molecule has 0 fully saturated rings. The number of sulfonamides is 1. The Morgan fingerprint density at radius 3 is 2.39 bits per heavy atom. The quantitative estimate of drug-likeness (QED) is 0.634. The Balaban J connectivity index is 1.62. The van der Waals surface area contributed by atoms with Gasteiger partial charge in [-0.15, -0.1) is 0 Å². The van der Waals surface area contributed by atoms with Crippen LogP contribution in [-0.2, 0) is 16.4 Å². The molecule has 1 aliphatic heterocycles.